The number of hydrogen-bond acceptors (Lipinski definition) is 4. The fourth-order valence-corrected chi connectivity index (χ4v) is 1.95. The molecule has 0 fully saturated rings. The molecule has 0 bridgehead atoms. The smallest absolute Gasteiger partial charge is 0.237 e. The standard InChI is InChI=1S/C15H21N3O2/c1-9(2)13(16)15(19)17-8-7-12-18-14-10(3)5-4-6-11(14)20-12/h4-6,9,13H,7-8,16H2,1-3H3,(H,17,19)/t13-/m0/s1. The van der Waals surface area contributed by atoms with Gasteiger partial charge in [0.15, 0.2) is 11.5 Å². The van der Waals surface area contributed by atoms with E-state index >= 15 is 0 Å². The lowest BCUT2D eigenvalue weighted by molar-refractivity contribution is -0.123. The summed E-state index contributed by atoms with van der Waals surface area (Å²) in [5, 5.41) is 2.81. The second kappa shape index (κ2) is 6.05. The molecule has 108 valence electrons. The molecule has 0 unspecified atom stereocenters. The molecule has 1 amide bonds. The zero-order valence-corrected chi connectivity index (χ0v) is 12.1. The van der Waals surface area contributed by atoms with Gasteiger partial charge in [-0.1, -0.05) is 26.0 Å². The van der Waals surface area contributed by atoms with Gasteiger partial charge in [-0.15, -0.1) is 0 Å². The van der Waals surface area contributed by atoms with Crippen LogP contribution in [-0.4, -0.2) is 23.5 Å². The molecule has 0 aliphatic heterocycles. The number of carbonyl (C=O) groups excluding carboxylic acids is 1. The first kappa shape index (κ1) is 14.5. The fraction of sp³-hybridized carbons (Fsp3) is 0.467. The Morgan fingerprint density at radius 1 is 1.45 bits per heavy atom. The largest absolute Gasteiger partial charge is 0.441 e. The Kier molecular flexibility index (Phi) is 4.39. The van der Waals surface area contributed by atoms with E-state index in [0.717, 1.165) is 16.7 Å². The van der Waals surface area contributed by atoms with Crippen molar-refractivity contribution < 1.29 is 9.21 Å². The number of nitrogens with zero attached hydrogens (tertiary/aromatic N) is 1. The van der Waals surface area contributed by atoms with Crippen LogP contribution in [0.5, 0.6) is 0 Å². The van der Waals surface area contributed by atoms with E-state index in [1.54, 1.807) is 0 Å². The Balaban J connectivity index is 1.93. The number of fused-ring (bicyclic) bond motifs is 1. The first-order chi connectivity index (χ1) is 9.49. The van der Waals surface area contributed by atoms with Crippen molar-refractivity contribution in [3.63, 3.8) is 0 Å². The highest BCUT2D eigenvalue weighted by Gasteiger charge is 2.16. The molecule has 2 rings (SSSR count). The molecule has 0 aliphatic carbocycles. The maximum absolute atomic E-state index is 11.7. The lowest BCUT2D eigenvalue weighted by Gasteiger charge is -2.14. The number of nitrogens with two attached hydrogens (primary N) is 1. The average Bonchev–Trinajstić information content (AvgIpc) is 2.82. The zero-order valence-electron chi connectivity index (χ0n) is 12.1. The monoisotopic (exact) mass is 275 g/mol. The van der Waals surface area contributed by atoms with Crippen LogP contribution in [0.2, 0.25) is 0 Å². The average molecular weight is 275 g/mol. The summed E-state index contributed by atoms with van der Waals surface area (Å²) in [6.07, 6.45) is 0.560. The summed E-state index contributed by atoms with van der Waals surface area (Å²) >= 11 is 0. The lowest BCUT2D eigenvalue weighted by atomic mass is 10.1. The molecule has 1 heterocycles. The van der Waals surface area contributed by atoms with Gasteiger partial charge in [0.1, 0.15) is 5.52 Å². The SMILES string of the molecule is Cc1cccc2oc(CCNC(=O)[C@@H](N)C(C)C)nc12. The number of rotatable bonds is 5. The number of oxazole rings is 1. The number of amides is 1. The molecule has 5 nitrogen and oxygen atoms in total. The van der Waals surface area contributed by atoms with Crippen molar-refractivity contribution in [3.8, 4) is 0 Å². The summed E-state index contributed by atoms with van der Waals surface area (Å²) < 4.78 is 5.64. The maximum Gasteiger partial charge on any atom is 0.237 e. The molecule has 0 saturated heterocycles. The van der Waals surface area contributed by atoms with Crippen molar-refractivity contribution in [2.75, 3.05) is 6.54 Å². The number of benzene rings is 1. The van der Waals surface area contributed by atoms with Crippen molar-refractivity contribution in [1.82, 2.24) is 10.3 Å². The van der Waals surface area contributed by atoms with E-state index < -0.39 is 6.04 Å². The summed E-state index contributed by atoms with van der Waals surface area (Å²) in [5.41, 5.74) is 8.52. The molecule has 20 heavy (non-hydrogen) atoms. The van der Waals surface area contributed by atoms with Gasteiger partial charge in [0.05, 0.1) is 6.04 Å². The second-order valence-corrected chi connectivity index (χ2v) is 5.34. The van der Waals surface area contributed by atoms with Gasteiger partial charge in [-0.2, -0.15) is 0 Å². The summed E-state index contributed by atoms with van der Waals surface area (Å²) in [4.78, 5) is 16.2. The Labute approximate surface area is 118 Å². The molecule has 3 N–H and O–H groups in total. The molecule has 1 aromatic heterocycles. The first-order valence-corrected chi connectivity index (χ1v) is 6.87. The van der Waals surface area contributed by atoms with Crippen LogP contribution in [-0.2, 0) is 11.2 Å². The van der Waals surface area contributed by atoms with Crippen LogP contribution >= 0.6 is 0 Å². The molecule has 1 atom stereocenters. The summed E-state index contributed by atoms with van der Waals surface area (Å²) in [5.74, 6) is 0.627. The summed E-state index contributed by atoms with van der Waals surface area (Å²) in [6, 6.07) is 5.36. The maximum atomic E-state index is 11.7. The predicted octanol–water partition coefficient (Wildman–Crippen LogP) is 1.78. The molecule has 1 aromatic carbocycles. The van der Waals surface area contributed by atoms with E-state index in [0.29, 0.717) is 18.9 Å². The molecule has 5 heteroatoms. The van der Waals surface area contributed by atoms with E-state index in [1.807, 2.05) is 39.0 Å². The molecular weight excluding hydrogens is 254 g/mol. The Bertz CT molecular complexity index is 604. The number of aryl methyl sites for hydroxylation is 1. The number of nitrogens with one attached hydrogen (secondary N) is 1. The zero-order chi connectivity index (χ0) is 14.7. The molecule has 0 saturated carbocycles. The van der Waals surface area contributed by atoms with Crippen LogP contribution in [0, 0.1) is 12.8 Å². The van der Waals surface area contributed by atoms with Crippen molar-refractivity contribution in [2.24, 2.45) is 11.7 Å². The third-order valence-corrected chi connectivity index (χ3v) is 3.32. The fourth-order valence-electron chi connectivity index (χ4n) is 1.95. The normalized spacial score (nSPS) is 12.8. The lowest BCUT2D eigenvalue weighted by Crippen LogP contribution is -2.44. The van der Waals surface area contributed by atoms with Crippen molar-refractivity contribution in [1.29, 1.82) is 0 Å². The van der Waals surface area contributed by atoms with Crippen LogP contribution in [0.4, 0.5) is 0 Å². The van der Waals surface area contributed by atoms with E-state index in [1.165, 1.54) is 0 Å². The Morgan fingerprint density at radius 3 is 2.85 bits per heavy atom. The Morgan fingerprint density at radius 2 is 2.20 bits per heavy atom. The van der Waals surface area contributed by atoms with Gasteiger partial charge >= 0.3 is 0 Å². The van der Waals surface area contributed by atoms with Gasteiger partial charge in [0, 0.05) is 13.0 Å². The van der Waals surface area contributed by atoms with Gasteiger partial charge in [-0.05, 0) is 24.5 Å². The van der Waals surface area contributed by atoms with Gasteiger partial charge in [0.25, 0.3) is 0 Å². The van der Waals surface area contributed by atoms with Crippen molar-refractivity contribution >= 4 is 17.0 Å². The van der Waals surface area contributed by atoms with Gasteiger partial charge in [0.2, 0.25) is 5.91 Å². The van der Waals surface area contributed by atoms with Gasteiger partial charge in [-0.3, -0.25) is 4.79 Å². The van der Waals surface area contributed by atoms with E-state index in [2.05, 4.69) is 10.3 Å². The van der Waals surface area contributed by atoms with Crippen LogP contribution in [0.1, 0.15) is 25.3 Å². The van der Waals surface area contributed by atoms with Gasteiger partial charge in [-0.25, -0.2) is 4.98 Å². The van der Waals surface area contributed by atoms with E-state index in [-0.39, 0.29) is 11.8 Å². The summed E-state index contributed by atoms with van der Waals surface area (Å²) in [7, 11) is 0. The van der Waals surface area contributed by atoms with Crippen LogP contribution in [0.3, 0.4) is 0 Å². The van der Waals surface area contributed by atoms with Gasteiger partial charge < -0.3 is 15.5 Å². The molecule has 2 aromatic rings. The highest BCUT2D eigenvalue weighted by Crippen LogP contribution is 2.18. The topological polar surface area (TPSA) is 81.2 Å². The summed E-state index contributed by atoms with van der Waals surface area (Å²) in [6.45, 7) is 6.32. The van der Waals surface area contributed by atoms with Crippen LogP contribution in [0.15, 0.2) is 22.6 Å². The minimum Gasteiger partial charge on any atom is -0.441 e. The highest BCUT2D eigenvalue weighted by molar-refractivity contribution is 5.81. The number of aromatic nitrogens is 1. The molecule has 0 aliphatic rings. The van der Waals surface area contributed by atoms with Crippen molar-refractivity contribution in [3.05, 3.63) is 29.7 Å². The van der Waals surface area contributed by atoms with Crippen LogP contribution in [0.25, 0.3) is 11.1 Å². The quantitative estimate of drug-likeness (QED) is 0.871. The highest BCUT2D eigenvalue weighted by atomic mass is 16.3. The first-order valence-electron chi connectivity index (χ1n) is 6.87. The molecule has 0 spiro atoms. The molecular formula is C15H21N3O2. The van der Waals surface area contributed by atoms with Crippen LogP contribution < -0.4 is 11.1 Å². The Hall–Kier alpha value is -1.88. The third-order valence-electron chi connectivity index (χ3n) is 3.32. The number of carbonyl (C=O) groups is 1. The minimum atomic E-state index is -0.471. The number of hydrogen-bond donors (Lipinski definition) is 2. The van der Waals surface area contributed by atoms with Crippen molar-refractivity contribution in [2.45, 2.75) is 33.2 Å². The molecule has 0 radical (unpaired) electrons. The second-order valence-electron chi connectivity index (χ2n) is 5.34. The third kappa shape index (κ3) is 3.17. The predicted molar refractivity (Wildman–Crippen MR) is 78.3 cm³/mol. The van der Waals surface area contributed by atoms with E-state index in [4.69, 9.17) is 10.2 Å². The van der Waals surface area contributed by atoms with E-state index in [9.17, 15) is 4.79 Å². The minimum absolute atomic E-state index is 0.127. The number of para-hydroxylation sites is 1.